The van der Waals surface area contributed by atoms with Gasteiger partial charge in [-0.25, -0.2) is 4.79 Å². The summed E-state index contributed by atoms with van der Waals surface area (Å²) in [5.74, 6) is -0.679. The predicted molar refractivity (Wildman–Crippen MR) is 84.0 cm³/mol. The molecule has 0 aromatic carbocycles. The maximum absolute atomic E-state index is 12.1. The molecule has 1 aliphatic rings. The molecule has 1 rings (SSSR count). The van der Waals surface area contributed by atoms with Crippen LogP contribution in [0.1, 0.15) is 59.3 Å². The summed E-state index contributed by atoms with van der Waals surface area (Å²) in [6, 6.07) is -0.610. The van der Waals surface area contributed by atoms with Crippen LogP contribution >= 0.6 is 0 Å². The van der Waals surface area contributed by atoms with E-state index in [1.807, 2.05) is 0 Å². The lowest BCUT2D eigenvalue weighted by Crippen LogP contribution is -2.56. The van der Waals surface area contributed by atoms with Gasteiger partial charge in [0.1, 0.15) is 11.6 Å². The van der Waals surface area contributed by atoms with Crippen LogP contribution in [0.25, 0.3) is 0 Å². The fourth-order valence-electron chi connectivity index (χ4n) is 2.88. The summed E-state index contributed by atoms with van der Waals surface area (Å²) < 4.78 is 4.90. The number of amides is 1. The molecule has 0 radical (unpaired) electrons. The van der Waals surface area contributed by atoms with Crippen molar-refractivity contribution in [2.45, 2.75) is 77.0 Å². The summed E-state index contributed by atoms with van der Waals surface area (Å²) in [5.41, 5.74) is 4.79. The Morgan fingerprint density at radius 3 is 2.45 bits per heavy atom. The monoisotopic (exact) mass is 314 g/mol. The Morgan fingerprint density at radius 1 is 1.32 bits per heavy atom. The number of aliphatic hydroxyl groups excluding tert-OH is 1. The van der Waals surface area contributed by atoms with Gasteiger partial charge in [0.25, 0.3) is 5.91 Å². The number of ether oxygens (including phenoxy) is 1. The Kier molecular flexibility index (Phi) is 7.29. The van der Waals surface area contributed by atoms with Crippen molar-refractivity contribution in [3.63, 3.8) is 0 Å². The van der Waals surface area contributed by atoms with Crippen LogP contribution in [0, 0.1) is 5.92 Å². The Labute approximate surface area is 132 Å². The maximum atomic E-state index is 12.1. The van der Waals surface area contributed by atoms with Crippen LogP contribution in [0.4, 0.5) is 0 Å². The number of esters is 1. The molecule has 0 heterocycles. The Morgan fingerprint density at radius 2 is 1.91 bits per heavy atom. The van der Waals surface area contributed by atoms with Crippen molar-refractivity contribution in [3.8, 4) is 0 Å². The van der Waals surface area contributed by atoms with E-state index in [4.69, 9.17) is 10.5 Å². The van der Waals surface area contributed by atoms with Gasteiger partial charge in [-0.3, -0.25) is 4.79 Å². The molecular weight excluding hydrogens is 284 g/mol. The fraction of sp³-hybridized carbons (Fsp3) is 0.875. The normalized spacial score (nSPS) is 19.3. The average molecular weight is 314 g/mol. The third kappa shape index (κ3) is 5.57. The van der Waals surface area contributed by atoms with Gasteiger partial charge in [0.2, 0.25) is 0 Å². The molecule has 1 saturated carbocycles. The lowest BCUT2D eigenvalue weighted by atomic mass is 9.84. The average Bonchev–Trinajstić information content (AvgIpc) is 2.47. The van der Waals surface area contributed by atoms with Crippen LogP contribution in [-0.4, -0.2) is 41.3 Å². The molecule has 4 N–H and O–H groups in total. The first-order valence-electron chi connectivity index (χ1n) is 8.20. The first-order valence-corrected chi connectivity index (χ1v) is 8.20. The first kappa shape index (κ1) is 18.9. The molecule has 0 bridgehead atoms. The smallest absolute Gasteiger partial charge is 0.331 e. The highest BCUT2D eigenvalue weighted by molar-refractivity contribution is 5.89. The van der Waals surface area contributed by atoms with Crippen molar-refractivity contribution in [3.05, 3.63) is 0 Å². The molecule has 1 aliphatic carbocycles. The zero-order valence-corrected chi connectivity index (χ0v) is 13.9. The van der Waals surface area contributed by atoms with E-state index in [-0.39, 0.29) is 6.61 Å². The number of hydrogen-bond donors (Lipinski definition) is 3. The zero-order valence-electron chi connectivity index (χ0n) is 13.9. The van der Waals surface area contributed by atoms with E-state index in [1.54, 1.807) is 20.8 Å². The van der Waals surface area contributed by atoms with E-state index in [9.17, 15) is 14.7 Å². The topological polar surface area (TPSA) is 102 Å². The SMILES string of the molecule is CCOC(=O)C(C)(C)NC(=O)C(O)[C@H](N)CC1CCCCC1. The van der Waals surface area contributed by atoms with Crippen LogP contribution in [-0.2, 0) is 14.3 Å². The molecule has 0 saturated heterocycles. The third-order valence-electron chi connectivity index (χ3n) is 4.23. The number of aliphatic hydroxyl groups is 1. The quantitative estimate of drug-likeness (QED) is 0.611. The number of nitrogens with one attached hydrogen (secondary N) is 1. The molecule has 1 unspecified atom stereocenters. The fourth-order valence-corrected chi connectivity index (χ4v) is 2.88. The molecule has 0 aromatic rings. The van der Waals surface area contributed by atoms with Crippen molar-refractivity contribution in [2.24, 2.45) is 11.7 Å². The number of carbonyl (C=O) groups is 2. The predicted octanol–water partition coefficient (Wildman–Crippen LogP) is 1.10. The third-order valence-corrected chi connectivity index (χ3v) is 4.23. The lowest BCUT2D eigenvalue weighted by molar-refractivity contribution is -0.153. The van der Waals surface area contributed by atoms with Crippen LogP contribution in [0.3, 0.4) is 0 Å². The van der Waals surface area contributed by atoms with E-state index in [2.05, 4.69) is 5.32 Å². The minimum atomic E-state index is -1.31. The van der Waals surface area contributed by atoms with Crippen molar-refractivity contribution >= 4 is 11.9 Å². The van der Waals surface area contributed by atoms with E-state index >= 15 is 0 Å². The minimum Gasteiger partial charge on any atom is -0.464 e. The summed E-state index contributed by atoms with van der Waals surface area (Å²) in [7, 11) is 0. The second-order valence-corrected chi connectivity index (χ2v) is 6.68. The summed E-state index contributed by atoms with van der Waals surface area (Å²) in [4.78, 5) is 23.9. The van der Waals surface area contributed by atoms with Crippen LogP contribution in [0.5, 0.6) is 0 Å². The molecule has 1 amide bonds. The molecule has 2 atom stereocenters. The van der Waals surface area contributed by atoms with Crippen LogP contribution in [0.15, 0.2) is 0 Å². The molecule has 0 spiro atoms. The Bertz CT molecular complexity index is 378. The molecule has 6 nitrogen and oxygen atoms in total. The summed E-state index contributed by atoms with van der Waals surface area (Å²) >= 11 is 0. The molecule has 128 valence electrons. The van der Waals surface area contributed by atoms with Gasteiger partial charge in [0, 0.05) is 6.04 Å². The number of rotatable bonds is 7. The van der Waals surface area contributed by atoms with Gasteiger partial charge in [0.15, 0.2) is 0 Å². The Hall–Kier alpha value is -1.14. The zero-order chi connectivity index (χ0) is 16.8. The van der Waals surface area contributed by atoms with Crippen molar-refractivity contribution < 1.29 is 19.4 Å². The maximum Gasteiger partial charge on any atom is 0.331 e. The number of nitrogens with two attached hydrogens (primary N) is 1. The van der Waals surface area contributed by atoms with Gasteiger partial charge in [-0.1, -0.05) is 32.1 Å². The second kappa shape index (κ2) is 8.48. The lowest BCUT2D eigenvalue weighted by Gasteiger charge is -2.29. The molecule has 0 aromatic heterocycles. The van der Waals surface area contributed by atoms with Crippen LogP contribution < -0.4 is 11.1 Å². The largest absolute Gasteiger partial charge is 0.464 e. The van der Waals surface area contributed by atoms with Gasteiger partial charge < -0.3 is 20.9 Å². The highest BCUT2D eigenvalue weighted by atomic mass is 16.5. The summed E-state index contributed by atoms with van der Waals surface area (Å²) in [6.07, 6.45) is 5.17. The number of hydrogen-bond acceptors (Lipinski definition) is 5. The number of carbonyl (C=O) groups excluding carboxylic acids is 2. The second-order valence-electron chi connectivity index (χ2n) is 6.68. The highest BCUT2D eigenvalue weighted by Crippen LogP contribution is 2.27. The Balaban J connectivity index is 2.50. The molecule has 6 heteroatoms. The van der Waals surface area contributed by atoms with Crippen molar-refractivity contribution in [1.82, 2.24) is 5.32 Å². The summed E-state index contributed by atoms with van der Waals surface area (Å²) in [6.45, 7) is 5.02. The van der Waals surface area contributed by atoms with E-state index in [1.165, 1.54) is 19.3 Å². The van der Waals surface area contributed by atoms with E-state index < -0.39 is 29.6 Å². The van der Waals surface area contributed by atoms with E-state index in [0.29, 0.717) is 12.3 Å². The minimum absolute atomic E-state index is 0.238. The van der Waals surface area contributed by atoms with Gasteiger partial charge in [-0.15, -0.1) is 0 Å². The van der Waals surface area contributed by atoms with Gasteiger partial charge in [-0.05, 0) is 33.1 Å². The van der Waals surface area contributed by atoms with Gasteiger partial charge in [0.05, 0.1) is 6.61 Å². The highest BCUT2D eigenvalue weighted by Gasteiger charge is 2.35. The van der Waals surface area contributed by atoms with Gasteiger partial charge >= 0.3 is 5.97 Å². The van der Waals surface area contributed by atoms with Gasteiger partial charge in [-0.2, -0.15) is 0 Å². The first-order chi connectivity index (χ1) is 10.3. The molecule has 22 heavy (non-hydrogen) atoms. The van der Waals surface area contributed by atoms with Crippen LogP contribution in [0.2, 0.25) is 0 Å². The van der Waals surface area contributed by atoms with E-state index in [0.717, 1.165) is 12.8 Å². The van der Waals surface area contributed by atoms with Crippen molar-refractivity contribution in [2.75, 3.05) is 6.61 Å². The van der Waals surface area contributed by atoms with Crippen molar-refractivity contribution in [1.29, 1.82) is 0 Å². The molecular formula is C16H30N2O4. The standard InChI is InChI=1S/C16H30N2O4/c1-4-22-15(21)16(2,3)18-14(20)13(19)12(17)10-11-8-6-5-7-9-11/h11-13,19H,4-10,17H2,1-3H3,(H,18,20)/t12-,13?/m1/s1. The summed E-state index contributed by atoms with van der Waals surface area (Å²) in [5, 5.41) is 12.6. The molecule has 0 aliphatic heterocycles. The molecule has 1 fully saturated rings.